The van der Waals surface area contributed by atoms with Gasteiger partial charge in [-0.05, 0) is 51.3 Å². The minimum Gasteiger partial charge on any atom is -0.493 e. The molecule has 0 aliphatic carbocycles. The number of ether oxygens (including phenoxy) is 2. The van der Waals surface area contributed by atoms with Gasteiger partial charge in [0.25, 0.3) is 5.56 Å². The molecule has 35 heavy (non-hydrogen) atoms. The Kier molecular flexibility index (Phi) is 7.88. The SMILES string of the molecule is CCCCCc1nc(C)c2c(=O)[nH]c(-c3cc(S(=O)(=O)NCC4CCCO4)ccc3OCC)nn12. The lowest BCUT2D eigenvalue weighted by molar-refractivity contribution is 0.114. The summed E-state index contributed by atoms with van der Waals surface area (Å²) >= 11 is 0. The van der Waals surface area contributed by atoms with Crippen molar-refractivity contribution in [2.24, 2.45) is 0 Å². The third-order valence-electron chi connectivity index (χ3n) is 6.09. The maximum absolute atomic E-state index is 13.0. The van der Waals surface area contributed by atoms with E-state index in [0.717, 1.165) is 32.1 Å². The molecule has 3 aromatic rings. The van der Waals surface area contributed by atoms with Gasteiger partial charge in [0.05, 0.1) is 28.9 Å². The summed E-state index contributed by atoms with van der Waals surface area (Å²) < 4.78 is 41.5. The van der Waals surface area contributed by atoms with Crippen LogP contribution in [0.1, 0.15) is 57.5 Å². The Balaban J connectivity index is 1.75. The summed E-state index contributed by atoms with van der Waals surface area (Å²) in [6.07, 6.45) is 5.38. The first-order valence-electron chi connectivity index (χ1n) is 12.2. The van der Waals surface area contributed by atoms with Crippen LogP contribution < -0.4 is 15.0 Å². The second-order valence-corrected chi connectivity index (χ2v) is 10.5. The zero-order valence-corrected chi connectivity index (χ0v) is 21.3. The summed E-state index contributed by atoms with van der Waals surface area (Å²) in [7, 11) is -3.81. The van der Waals surface area contributed by atoms with Crippen molar-refractivity contribution < 1.29 is 17.9 Å². The van der Waals surface area contributed by atoms with Crippen LogP contribution in [0.4, 0.5) is 0 Å². The van der Waals surface area contributed by atoms with Crippen molar-refractivity contribution in [3.05, 3.63) is 40.1 Å². The number of sulfonamides is 1. The summed E-state index contributed by atoms with van der Waals surface area (Å²) in [5.41, 5.74) is 1.04. The van der Waals surface area contributed by atoms with Crippen LogP contribution in [0.3, 0.4) is 0 Å². The van der Waals surface area contributed by atoms with Gasteiger partial charge in [-0.1, -0.05) is 19.8 Å². The van der Waals surface area contributed by atoms with E-state index >= 15 is 0 Å². The number of aromatic amines is 1. The largest absolute Gasteiger partial charge is 0.493 e. The van der Waals surface area contributed by atoms with E-state index in [1.54, 1.807) is 17.5 Å². The molecule has 3 heterocycles. The Bertz CT molecular complexity index is 1340. The monoisotopic (exact) mass is 503 g/mol. The van der Waals surface area contributed by atoms with Crippen molar-refractivity contribution in [1.82, 2.24) is 24.3 Å². The number of imidazole rings is 1. The molecule has 4 rings (SSSR count). The van der Waals surface area contributed by atoms with Crippen LogP contribution in [0.2, 0.25) is 0 Å². The van der Waals surface area contributed by atoms with Gasteiger partial charge < -0.3 is 14.5 Å². The number of nitrogens with one attached hydrogen (secondary N) is 2. The van der Waals surface area contributed by atoms with Gasteiger partial charge in [-0.25, -0.2) is 22.6 Å². The second kappa shape index (κ2) is 10.9. The van der Waals surface area contributed by atoms with Gasteiger partial charge in [-0.2, -0.15) is 0 Å². The number of H-pyrrole nitrogens is 1. The topological polar surface area (TPSA) is 128 Å². The molecule has 0 spiro atoms. The zero-order valence-electron chi connectivity index (χ0n) is 20.5. The van der Waals surface area contributed by atoms with Crippen molar-refractivity contribution >= 4 is 15.5 Å². The van der Waals surface area contributed by atoms with Crippen molar-refractivity contribution in [1.29, 1.82) is 0 Å². The van der Waals surface area contributed by atoms with E-state index in [2.05, 4.69) is 26.7 Å². The van der Waals surface area contributed by atoms with Gasteiger partial charge in [0.2, 0.25) is 10.0 Å². The number of benzene rings is 1. The fourth-order valence-corrected chi connectivity index (χ4v) is 5.38. The van der Waals surface area contributed by atoms with E-state index in [0.29, 0.717) is 48.0 Å². The average Bonchev–Trinajstić information content (AvgIpc) is 3.46. The molecule has 1 fully saturated rings. The minimum atomic E-state index is -3.81. The predicted molar refractivity (Wildman–Crippen MR) is 132 cm³/mol. The third kappa shape index (κ3) is 5.57. The number of rotatable bonds is 11. The first kappa shape index (κ1) is 25.3. The van der Waals surface area contributed by atoms with E-state index in [9.17, 15) is 13.2 Å². The van der Waals surface area contributed by atoms with Crippen molar-refractivity contribution in [2.45, 2.75) is 70.3 Å². The molecule has 0 saturated carbocycles. The predicted octanol–water partition coefficient (Wildman–Crippen LogP) is 2.98. The molecule has 2 N–H and O–H groups in total. The second-order valence-electron chi connectivity index (χ2n) is 8.71. The van der Waals surface area contributed by atoms with Crippen LogP contribution in [-0.2, 0) is 21.2 Å². The summed E-state index contributed by atoms with van der Waals surface area (Å²) in [6, 6.07) is 4.55. The van der Waals surface area contributed by atoms with Gasteiger partial charge in [0, 0.05) is 19.6 Å². The van der Waals surface area contributed by atoms with Crippen LogP contribution in [-0.4, -0.2) is 53.9 Å². The molecule has 0 radical (unpaired) electrons. The van der Waals surface area contributed by atoms with Crippen LogP contribution in [0, 0.1) is 6.92 Å². The fraction of sp³-hybridized carbons (Fsp3) is 0.542. The number of hydrogen-bond donors (Lipinski definition) is 2. The zero-order chi connectivity index (χ0) is 25.0. The molecule has 190 valence electrons. The minimum absolute atomic E-state index is 0.0571. The number of aromatic nitrogens is 4. The molecule has 1 aliphatic heterocycles. The highest BCUT2D eigenvalue weighted by atomic mass is 32.2. The molecule has 1 aliphatic rings. The lowest BCUT2D eigenvalue weighted by Gasteiger charge is -2.14. The van der Waals surface area contributed by atoms with E-state index in [1.165, 1.54) is 12.1 Å². The molecule has 1 unspecified atom stereocenters. The van der Waals surface area contributed by atoms with E-state index in [1.807, 2.05) is 6.92 Å². The number of hydrogen-bond acceptors (Lipinski definition) is 7. The molecule has 11 heteroatoms. The van der Waals surface area contributed by atoms with Crippen LogP contribution >= 0.6 is 0 Å². The fourth-order valence-electron chi connectivity index (χ4n) is 4.29. The van der Waals surface area contributed by atoms with Crippen LogP contribution in [0.15, 0.2) is 27.9 Å². The van der Waals surface area contributed by atoms with Crippen molar-refractivity contribution in [2.75, 3.05) is 19.8 Å². The number of nitrogens with zero attached hydrogens (tertiary/aromatic N) is 3. The van der Waals surface area contributed by atoms with Crippen molar-refractivity contribution in [3.8, 4) is 17.1 Å². The normalized spacial score (nSPS) is 16.3. The lowest BCUT2D eigenvalue weighted by Crippen LogP contribution is -2.31. The maximum Gasteiger partial charge on any atom is 0.277 e. The Hall–Kier alpha value is -2.76. The Morgan fingerprint density at radius 3 is 2.83 bits per heavy atom. The first-order valence-corrected chi connectivity index (χ1v) is 13.7. The van der Waals surface area contributed by atoms with Crippen LogP contribution in [0.5, 0.6) is 5.75 Å². The van der Waals surface area contributed by atoms with Gasteiger partial charge in [-0.15, -0.1) is 5.10 Å². The van der Waals surface area contributed by atoms with Gasteiger partial charge in [-0.3, -0.25) is 4.79 Å². The molecule has 1 atom stereocenters. The van der Waals surface area contributed by atoms with Gasteiger partial charge in [0.15, 0.2) is 11.3 Å². The molecular weight excluding hydrogens is 470 g/mol. The molecular formula is C24H33N5O5S. The lowest BCUT2D eigenvalue weighted by atomic mass is 10.2. The molecule has 2 aromatic heterocycles. The maximum atomic E-state index is 13.0. The van der Waals surface area contributed by atoms with E-state index in [4.69, 9.17) is 9.47 Å². The average molecular weight is 504 g/mol. The van der Waals surface area contributed by atoms with E-state index < -0.39 is 10.0 Å². The Morgan fingerprint density at radius 1 is 1.29 bits per heavy atom. The molecule has 1 saturated heterocycles. The Labute approximate surface area is 205 Å². The molecule has 1 aromatic carbocycles. The number of unbranched alkanes of at least 4 members (excludes halogenated alkanes) is 2. The van der Waals surface area contributed by atoms with Gasteiger partial charge in [0.1, 0.15) is 11.6 Å². The molecule has 0 bridgehead atoms. The summed E-state index contributed by atoms with van der Waals surface area (Å²) in [6.45, 7) is 6.98. The highest BCUT2D eigenvalue weighted by Crippen LogP contribution is 2.30. The number of aryl methyl sites for hydroxylation is 2. The third-order valence-corrected chi connectivity index (χ3v) is 7.51. The number of fused-ring (bicyclic) bond motifs is 1. The van der Waals surface area contributed by atoms with Crippen LogP contribution in [0.25, 0.3) is 16.9 Å². The molecule has 0 amide bonds. The Morgan fingerprint density at radius 2 is 2.11 bits per heavy atom. The highest BCUT2D eigenvalue weighted by Gasteiger charge is 2.23. The summed E-state index contributed by atoms with van der Waals surface area (Å²) in [5, 5.41) is 4.66. The first-order chi connectivity index (χ1) is 16.8. The molecule has 10 nitrogen and oxygen atoms in total. The standard InChI is InChI=1S/C24H33N5O5S/c1-4-6-7-10-21-26-16(3)22-24(30)27-23(28-29(21)22)19-14-18(11-12-20(19)33-5-2)35(31,32)25-15-17-9-8-13-34-17/h11-12,14,17,25H,4-10,13,15H2,1-3H3,(H,27,28,30). The van der Waals surface area contributed by atoms with E-state index in [-0.39, 0.29) is 28.9 Å². The van der Waals surface area contributed by atoms with Gasteiger partial charge >= 0.3 is 0 Å². The van der Waals surface area contributed by atoms with Crippen molar-refractivity contribution in [3.63, 3.8) is 0 Å². The summed E-state index contributed by atoms with van der Waals surface area (Å²) in [5.74, 6) is 1.35. The highest BCUT2D eigenvalue weighted by molar-refractivity contribution is 7.89. The smallest absolute Gasteiger partial charge is 0.277 e. The summed E-state index contributed by atoms with van der Waals surface area (Å²) in [4.78, 5) is 20.4. The quantitative estimate of drug-likeness (QED) is 0.385.